The lowest BCUT2D eigenvalue weighted by Crippen LogP contribution is -2.31. The molecule has 2 heterocycles. The molecule has 8 nitrogen and oxygen atoms in total. The van der Waals surface area contributed by atoms with E-state index in [0.29, 0.717) is 23.3 Å². The summed E-state index contributed by atoms with van der Waals surface area (Å²) in [5, 5.41) is 7.03. The summed E-state index contributed by atoms with van der Waals surface area (Å²) < 4.78 is 11.1. The lowest BCUT2D eigenvalue weighted by molar-refractivity contribution is -0.114. The van der Waals surface area contributed by atoms with Crippen LogP contribution in [0.5, 0.6) is 11.5 Å². The molecule has 0 saturated heterocycles. The van der Waals surface area contributed by atoms with Crippen LogP contribution in [-0.2, 0) is 17.8 Å². The third kappa shape index (κ3) is 4.68. The number of nitrogens with one attached hydrogen (secondary N) is 2. The summed E-state index contributed by atoms with van der Waals surface area (Å²) in [6.45, 7) is 3.07. The highest BCUT2D eigenvalue weighted by atomic mass is 16.5. The molecule has 0 saturated carbocycles. The number of rotatable bonds is 6. The highest BCUT2D eigenvalue weighted by Crippen LogP contribution is 2.36. The molecule has 0 bridgehead atoms. The lowest BCUT2D eigenvalue weighted by atomic mass is 10.0. The summed E-state index contributed by atoms with van der Waals surface area (Å²) in [7, 11) is 3.22. The van der Waals surface area contributed by atoms with E-state index in [1.165, 1.54) is 18.1 Å². The van der Waals surface area contributed by atoms with Gasteiger partial charge in [-0.25, -0.2) is 4.98 Å². The van der Waals surface area contributed by atoms with Crippen LogP contribution in [0, 0.1) is 0 Å². The number of anilines is 4. The summed E-state index contributed by atoms with van der Waals surface area (Å²) in [6, 6.07) is 19.7. The summed E-state index contributed by atoms with van der Waals surface area (Å²) in [5.74, 6) is 2.42. The number of carbonyl (C=O) groups excluding carboxylic acids is 1. The van der Waals surface area contributed by atoms with Gasteiger partial charge >= 0.3 is 0 Å². The zero-order chi connectivity index (χ0) is 24.4. The van der Waals surface area contributed by atoms with Crippen molar-refractivity contribution in [3.63, 3.8) is 0 Å². The average molecular weight is 470 g/mol. The Labute approximate surface area is 203 Å². The second-order valence-corrected chi connectivity index (χ2v) is 8.42. The van der Waals surface area contributed by atoms with Crippen molar-refractivity contribution in [1.82, 2.24) is 9.97 Å². The van der Waals surface area contributed by atoms with E-state index in [1.807, 2.05) is 36.4 Å². The summed E-state index contributed by atoms with van der Waals surface area (Å²) in [4.78, 5) is 23.4. The normalized spacial score (nSPS) is 12.7. The highest BCUT2D eigenvalue weighted by molar-refractivity contribution is 5.94. The first-order valence-electron chi connectivity index (χ1n) is 11.4. The molecule has 1 amide bonds. The second-order valence-electron chi connectivity index (χ2n) is 8.42. The number of aromatic nitrogens is 2. The minimum Gasteiger partial charge on any atom is -0.493 e. The minimum atomic E-state index is -0.110. The van der Waals surface area contributed by atoms with Crippen molar-refractivity contribution in [3.8, 4) is 11.5 Å². The molecule has 1 aliphatic heterocycles. The highest BCUT2D eigenvalue weighted by Gasteiger charge is 2.21. The van der Waals surface area contributed by atoms with Crippen molar-refractivity contribution in [3.05, 3.63) is 71.8 Å². The van der Waals surface area contributed by atoms with Crippen molar-refractivity contribution in [2.45, 2.75) is 19.9 Å². The van der Waals surface area contributed by atoms with Crippen LogP contribution >= 0.6 is 0 Å². The van der Waals surface area contributed by atoms with Crippen LogP contribution in [0.4, 0.5) is 23.1 Å². The quantitative estimate of drug-likeness (QED) is 0.415. The molecule has 5 rings (SSSR count). The first-order chi connectivity index (χ1) is 17.0. The number of hydrogen-bond acceptors (Lipinski definition) is 7. The molecular formula is C27H27N5O3. The maximum absolute atomic E-state index is 11.3. The average Bonchev–Trinajstić information content (AvgIpc) is 2.88. The van der Waals surface area contributed by atoms with E-state index in [-0.39, 0.29) is 5.91 Å². The van der Waals surface area contributed by atoms with Gasteiger partial charge in [0.2, 0.25) is 11.9 Å². The molecule has 0 spiro atoms. The second kappa shape index (κ2) is 9.50. The molecule has 0 radical (unpaired) electrons. The molecule has 1 aliphatic rings. The number of amides is 1. The Morgan fingerprint density at radius 3 is 2.31 bits per heavy atom. The molecule has 2 N–H and O–H groups in total. The van der Waals surface area contributed by atoms with Gasteiger partial charge in [-0.15, -0.1) is 0 Å². The zero-order valence-electron chi connectivity index (χ0n) is 20.0. The molecule has 3 aromatic carbocycles. The van der Waals surface area contributed by atoms with Crippen molar-refractivity contribution >= 4 is 40.0 Å². The van der Waals surface area contributed by atoms with Crippen LogP contribution in [0.25, 0.3) is 10.9 Å². The number of ether oxygens (including phenoxy) is 2. The van der Waals surface area contributed by atoms with Gasteiger partial charge in [-0.2, -0.15) is 4.98 Å². The molecule has 4 aromatic rings. The van der Waals surface area contributed by atoms with E-state index in [0.717, 1.165) is 41.8 Å². The standard InChI is InChI=1S/C27H27N5O3/c1-17(33)28-20-8-10-21(11-9-20)29-26-22-14-24(34-2)25(35-3)15-23(22)30-27(31-26)32-13-12-18-6-4-5-7-19(18)16-32/h4-11,14-15H,12-13,16H2,1-3H3,(H,28,33)(H,29,30,31). The van der Waals surface area contributed by atoms with Gasteiger partial charge in [-0.05, 0) is 47.9 Å². The Kier molecular flexibility index (Phi) is 6.10. The van der Waals surface area contributed by atoms with Crippen LogP contribution in [0.15, 0.2) is 60.7 Å². The summed E-state index contributed by atoms with van der Waals surface area (Å²) in [5.41, 5.74) is 4.98. The van der Waals surface area contributed by atoms with Crippen molar-refractivity contribution in [2.75, 3.05) is 36.3 Å². The van der Waals surface area contributed by atoms with E-state index >= 15 is 0 Å². The monoisotopic (exact) mass is 469 g/mol. The van der Waals surface area contributed by atoms with E-state index < -0.39 is 0 Å². The van der Waals surface area contributed by atoms with Gasteiger partial charge in [-0.3, -0.25) is 4.79 Å². The maximum atomic E-state index is 11.3. The molecule has 1 aromatic heterocycles. The number of hydrogen-bond donors (Lipinski definition) is 2. The van der Waals surface area contributed by atoms with Crippen LogP contribution in [0.3, 0.4) is 0 Å². The van der Waals surface area contributed by atoms with E-state index in [4.69, 9.17) is 19.4 Å². The smallest absolute Gasteiger partial charge is 0.228 e. The Bertz CT molecular complexity index is 1390. The molecule has 0 aliphatic carbocycles. The van der Waals surface area contributed by atoms with Crippen LogP contribution < -0.4 is 25.0 Å². The topological polar surface area (TPSA) is 88.6 Å². The predicted molar refractivity (Wildman–Crippen MR) is 138 cm³/mol. The molecule has 8 heteroatoms. The Balaban J connectivity index is 1.56. The molecule has 0 fully saturated rings. The van der Waals surface area contributed by atoms with Gasteiger partial charge in [0.15, 0.2) is 11.5 Å². The number of fused-ring (bicyclic) bond motifs is 2. The third-order valence-electron chi connectivity index (χ3n) is 6.07. The Hall–Kier alpha value is -4.33. The number of carbonyl (C=O) groups is 1. The first-order valence-corrected chi connectivity index (χ1v) is 11.4. The van der Waals surface area contributed by atoms with E-state index in [2.05, 4.69) is 39.8 Å². The number of nitrogens with zero attached hydrogens (tertiary/aromatic N) is 3. The van der Waals surface area contributed by atoms with Gasteiger partial charge in [0.1, 0.15) is 5.82 Å². The predicted octanol–water partition coefficient (Wildman–Crippen LogP) is 4.91. The summed E-state index contributed by atoms with van der Waals surface area (Å²) >= 11 is 0. The molecule has 0 atom stereocenters. The van der Waals surface area contributed by atoms with Gasteiger partial charge in [0, 0.05) is 42.8 Å². The van der Waals surface area contributed by atoms with Crippen molar-refractivity contribution in [1.29, 1.82) is 0 Å². The molecule has 35 heavy (non-hydrogen) atoms. The van der Waals surface area contributed by atoms with Crippen LogP contribution in [0.1, 0.15) is 18.1 Å². The van der Waals surface area contributed by atoms with Gasteiger partial charge in [-0.1, -0.05) is 24.3 Å². The fourth-order valence-corrected chi connectivity index (χ4v) is 4.32. The zero-order valence-corrected chi connectivity index (χ0v) is 20.0. The van der Waals surface area contributed by atoms with Crippen LogP contribution in [0.2, 0.25) is 0 Å². The largest absolute Gasteiger partial charge is 0.493 e. The van der Waals surface area contributed by atoms with Gasteiger partial charge in [0.25, 0.3) is 0 Å². The van der Waals surface area contributed by atoms with Gasteiger partial charge < -0.3 is 25.0 Å². The van der Waals surface area contributed by atoms with Gasteiger partial charge in [0.05, 0.1) is 19.7 Å². The van der Waals surface area contributed by atoms with E-state index in [9.17, 15) is 4.79 Å². The third-order valence-corrected chi connectivity index (χ3v) is 6.07. The maximum Gasteiger partial charge on any atom is 0.228 e. The lowest BCUT2D eigenvalue weighted by Gasteiger charge is -2.29. The first kappa shape index (κ1) is 22.5. The molecular weight excluding hydrogens is 442 g/mol. The molecule has 178 valence electrons. The SMILES string of the molecule is COc1cc2nc(N3CCc4ccccc4C3)nc(Nc3ccc(NC(C)=O)cc3)c2cc1OC. The molecule has 0 unspecified atom stereocenters. The minimum absolute atomic E-state index is 0.110. The number of methoxy groups -OCH3 is 2. The number of benzene rings is 3. The van der Waals surface area contributed by atoms with Crippen LogP contribution in [-0.4, -0.2) is 36.6 Å². The fourth-order valence-electron chi connectivity index (χ4n) is 4.32. The van der Waals surface area contributed by atoms with Crippen molar-refractivity contribution in [2.24, 2.45) is 0 Å². The fraction of sp³-hybridized carbons (Fsp3) is 0.222. The van der Waals surface area contributed by atoms with Crippen molar-refractivity contribution < 1.29 is 14.3 Å². The summed E-state index contributed by atoms with van der Waals surface area (Å²) in [6.07, 6.45) is 0.941. The Morgan fingerprint density at radius 2 is 1.60 bits per heavy atom. The Morgan fingerprint density at radius 1 is 0.914 bits per heavy atom. The van der Waals surface area contributed by atoms with E-state index in [1.54, 1.807) is 14.2 Å².